The van der Waals surface area contributed by atoms with Gasteiger partial charge in [0.05, 0.1) is 0 Å². The van der Waals surface area contributed by atoms with E-state index in [1.54, 1.807) is 6.92 Å². The third kappa shape index (κ3) is 11.5. The van der Waals surface area contributed by atoms with Gasteiger partial charge in [0.1, 0.15) is 18.8 Å². The summed E-state index contributed by atoms with van der Waals surface area (Å²) >= 11 is 2.01. The molecular weight excluding hydrogens is 436 g/mol. The lowest BCUT2D eigenvalue weighted by atomic mass is 9.90. The monoisotopic (exact) mass is 476 g/mol. The zero-order valence-corrected chi connectivity index (χ0v) is 20.9. The lowest BCUT2D eigenvalue weighted by molar-refractivity contribution is -0.294. The largest absolute Gasteiger partial charge is 0.463 e. The average molecular weight is 477 g/mol. The van der Waals surface area contributed by atoms with Crippen molar-refractivity contribution in [3.63, 3.8) is 0 Å². The van der Waals surface area contributed by atoms with Crippen molar-refractivity contribution in [3.8, 4) is 0 Å². The molecule has 1 aliphatic rings. The van der Waals surface area contributed by atoms with E-state index in [-0.39, 0.29) is 6.61 Å². The number of ether oxygens (including phenoxy) is 5. The van der Waals surface area contributed by atoms with Gasteiger partial charge in [0.25, 0.3) is 0 Å². The summed E-state index contributed by atoms with van der Waals surface area (Å²) < 4.78 is 27.8. The van der Waals surface area contributed by atoms with Gasteiger partial charge < -0.3 is 23.7 Å². The van der Waals surface area contributed by atoms with Crippen LogP contribution >= 0.6 is 11.8 Å². The number of unbranched alkanes of at least 4 members (excludes halogenated alkanes) is 4. The molecule has 8 nitrogen and oxygen atoms in total. The highest BCUT2D eigenvalue weighted by atomic mass is 32.2. The minimum absolute atomic E-state index is 0.0834. The lowest BCUT2D eigenvalue weighted by Crippen LogP contribution is -2.58. The first-order valence-corrected chi connectivity index (χ1v) is 12.7. The lowest BCUT2D eigenvalue weighted by Gasteiger charge is -2.43. The Morgan fingerprint density at radius 1 is 0.844 bits per heavy atom. The summed E-state index contributed by atoms with van der Waals surface area (Å²) in [6, 6.07) is 0. The zero-order valence-electron chi connectivity index (χ0n) is 20.1. The molecule has 186 valence electrons. The van der Waals surface area contributed by atoms with Gasteiger partial charge in [-0.05, 0) is 30.8 Å². The quantitative estimate of drug-likeness (QED) is 0.198. The van der Waals surface area contributed by atoms with Crippen LogP contribution in [0.25, 0.3) is 0 Å². The number of esters is 3. The Morgan fingerprint density at radius 2 is 1.47 bits per heavy atom. The highest BCUT2D eigenvalue weighted by molar-refractivity contribution is 7.99. The minimum atomic E-state index is -0.828. The van der Waals surface area contributed by atoms with Crippen LogP contribution in [0.15, 0.2) is 0 Å². The molecule has 0 amide bonds. The molecule has 9 heteroatoms. The van der Waals surface area contributed by atoms with Gasteiger partial charge in [-0.3, -0.25) is 14.4 Å². The SMILES string of the molecule is CCCCSCCCCCCO[C@@H]1OC(COC(C)=O)[C@@H](OC(C)=O)[C@H](C)C1OC(C)=O. The van der Waals surface area contributed by atoms with Gasteiger partial charge in [0.15, 0.2) is 12.4 Å². The van der Waals surface area contributed by atoms with Gasteiger partial charge in [-0.1, -0.05) is 33.1 Å². The van der Waals surface area contributed by atoms with Crippen LogP contribution < -0.4 is 0 Å². The second-order valence-electron chi connectivity index (χ2n) is 8.10. The Morgan fingerprint density at radius 3 is 2.09 bits per heavy atom. The number of hydrogen-bond donors (Lipinski definition) is 0. The van der Waals surface area contributed by atoms with Crippen molar-refractivity contribution < 1.29 is 38.1 Å². The predicted octanol–water partition coefficient (Wildman–Crippen LogP) is 3.88. The fourth-order valence-corrected chi connectivity index (χ4v) is 4.61. The molecule has 1 saturated heterocycles. The maximum absolute atomic E-state index is 11.7. The molecular formula is C23H40O8S. The van der Waals surface area contributed by atoms with Gasteiger partial charge in [0.2, 0.25) is 0 Å². The molecule has 1 aliphatic heterocycles. The van der Waals surface area contributed by atoms with Crippen LogP contribution in [-0.2, 0) is 38.1 Å². The van der Waals surface area contributed by atoms with Crippen molar-refractivity contribution in [2.45, 2.75) is 97.7 Å². The molecule has 0 aromatic carbocycles. The highest BCUT2D eigenvalue weighted by Gasteiger charge is 2.48. The maximum Gasteiger partial charge on any atom is 0.303 e. The van der Waals surface area contributed by atoms with Crippen molar-refractivity contribution in [3.05, 3.63) is 0 Å². The van der Waals surface area contributed by atoms with Crippen molar-refractivity contribution in [2.24, 2.45) is 5.92 Å². The maximum atomic E-state index is 11.7. The number of carbonyl (C=O) groups is 3. The van der Waals surface area contributed by atoms with E-state index >= 15 is 0 Å². The second-order valence-corrected chi connectivity index (χ2v) is 9.33. The molecule has 1 heterocycles. The smallest absolute Gasteiger partial charge is 0.303 e. The summed E-state index contributed by atoms with van der Waals surface area (Å²) in [4.78, 5) is 34.5. The van der Waals surface area contributed by atoms with E-state index in [1.165, 1.54) is 51.5 Å². The summed E-state index contributed by atoms with van der Waals surface area (Å²) in [7, 11) is 0. The molecule has 0 aromatic heterocycles. The highest BCUT2D eigenvalue weighted by Crippen LogP contribution is 2.32. The van der Waals surface area contributed by atoms with Crippen LogP contribution in [0.3, 0.4) is 0 Å². The third-order valence-electron chi connectivity index (χ3n) is 5.14. The first kappa shape index (κ1) is 28.7. The van der Waals surface area contributed by atoms with Crippen molar-refractivity contribution in [1.29, 1.82) is 0 Å². The number of thioether (sulfide) groups is 1. The Labute approximate surface area is 196 Å². The van der Waals surface area contributed by atoms with E-state index in [4.69, 9.17) is 23.7 Å². The van der Waals surface area contributed by atoms with E-state index in [2.05, 4.69) is 6.92 Å². The molecule has 32 heavy (non-hydrogen) atoms. The van der Waals surface area contributed by atoms with Crippen LogP contribution in [0.1, 0.15) is 73.1 Å². The normalized spacial score (nSPS) is 25.2. The molecule has 0 saturated carbocycles. The summed E-state index contributed by atoms with van der Waals surface area (Å²) in [6.45, 7) is 8.28. The molecule has 5 atom stereocenters. The van der Waals surface area contributed by atoms with E-state index < -0.39 is 48.4 Å². The number of carbonyl (C=O) groups excluding carboxylic acids is 3. The molecule has 1 rings (SSSR count). The third-order valence-corrected chi connectivity index (χ3v) is 6.30. The predicted molar refractivity (Wildman–Crippen MR) is 122 cm³/mol. The van der Waals surface area contributed by atoms with Gasteiger partial charge >= 0.3 is 17.9 Å². The van der Waals surface area contributed by atoms with Gasteiger partial charge in [-0.2, -0.15) is 11.8 Å². The number of hydrogen-bond acceptors (Lipinski definition) is 9. The van der Waals surface area contributed by atoms with E-state index in [1.807, 2.05) is 11.8 Å². The van der Waals surface area contributed by atoms with Gasteiger partial charge in [-0.25, -0.2) is 0 Å². The van der Waals surface area contributed by atoms with Crippen LogP contribution in [0, 0.1) is 5.92 Å². The van der Waals surface area contributed by atoms with E-state index in [0.717, 1.165) is 19.3 Å². The molecule has 0 aromatic rings. The Bertz CT molecular complexity index is 568. The topological polar surface area (TPSA) is 97.4 Å². The van der Waals surface area contributed by atoms with Crippen molar-refractivity contribution >= 4 is 29.7 Å². The Kier molecular flexibility index (Phi) is 14.6. The minimum Gasteiger partial charge on any atom is -0.463 e. The fourth-order valence-electron chi connectivity index (χ4n) is 3.51. The molecule has 0 aliphatic carbocycles. The summed E-state index contributed by atoms with van der Waals surface area (Å²) in [6.07, 6.45) is 3.74. The average Bonchev–Trinajstić information content (AvgIpc) is 2.72. The Hall–Kier alpha value is -1.32. The molecule has 2 unspecified atom stereocenters. The van der Waals surface area contributed by atoms with E-state index in [9.17, 15) is 14.4 Å². The number of rotatable bonds is 15. The van der Waals surface area contributed by atoms with E-state index in [0.29, 0.717) is 6.61 Å². The second kappa shape index (κ2) is 16.3. The van der Waals surface area contributed by atoms with Crippen molar-refractivity contribution in [1.82, 2.24) is 0 Å². The van der Waals surface area contributed by atoms with Crippen LogP contribution in [0.4, 0.5) is 0 Å². The zero-order chi connectivity index (χ0) is 23.9. The van der Waals surface area contributed by atoms with Crippen molar-refractivity contribution in [2.75, 3.05) is 24.7 Å². The summed E-state index contributed by atoms with van der Waals surface area (Å²) in [5.74, 6) is 0.592. The van der Waals surface area contributed by atoms with Crippen LogP contribution in [0.2, 0.25) is 0 Å². The van der Waals surface area contributed by atoms with Gasteiger partial charge in [-0.15, -0.1) is 0 Å². The summed E-state index contributed by atoms with van der Waals surface area (Å²) in [5.41, 5.74) is 0. The van der Waals surface area contributed by atoms with Crippen LogP contribution in [-0.4, -0.2) is 67.2 Å². The molecule has 0 bridgehead atoms. The van der Waals surface area contributed by atoms with Gasteiger partial charge in [0, 0.05) is 33.3 Å². The molecule has 0 radical (unpaired) electrons. The standard InChI is InChI=1S/C23H40O8S/c1-6-7-13-32-14-11-9-8-10-12-27-23-22(30-19(5)26)16(2)21(29-18(4)25)20(31-23)15-28-17(3)24/h16,20-23H,6-15H2,1-5H3/t16-,20?,21-,22?,23+/m0/s1. The summed E-state index contributed by atoms with van der Waals surface area (Å²) in [5, 5.41) is 0. The first-order chi connectivity index (χ1) is 15.3. The Balaban J connectivity index is 2.59. The first-order valence-electron chi connectivity index (χ1n) is 11.6. The molecule has 0 spiro atoms. The molecule has 1 fully saturated rings. The van der Waals surface area contributed by atoms with Crippen LogP contribution in [0.5, 0.6) is 0 Å². The molecule has 0 N–H and O–H groups in total. The fraction of sp³-hybridized carbons (Fsp3) is 0.870.